The molecule has 3 N–H and O–H groups in total. The van der Waals surface area contributed by atoms with Crippen LogP contribution in [0.4, 0.5) is 0 Å². The molecule has 0 aliphatic heterocycles. The first-order chi connectivity index (χ1) is 12.8. The van der Waals surface area contributed by atoms with Crippen LogP contribution in [-0.2, 0) is 20.9 Å². The summed E-state index contributed by atoms with van der Waals surface area (Å²) >= 11 is 0. The highest BCUT2D eigenvalue weighted by atomic mass is 16.5. The molecule has 146 valence electrons. The zero-order valence-corrected chi connectivity index (χ0v) is 15.6. The molecule has 0 bridgehead atoms. The summed E-state index contributed by atoms with van der Waals surface area (Å²) < 4.78 is 15.6. The second-order valence-electron chi connectivity index (χ2n) is 6.43. The lowest BCUT2D eigenvalue weighted by atomic mass is 10.1. The van der Waals surface area contributed by atoms with Crippen LogP contribution in [0.25, 0.3) is 0 Å². The lowest BCUT2D eigenvalue weighted by Crippen LogP contribution is -2.50. The fourth-order valence-electron chi connectivity index (χ4n) is 2.04. The van der Waals surface area contributed by atoms with Crippen LogP contribution < -0.4 is 11.1 Å². The number of benzene rings is 1. The summed E-state index contributed by atoms with van der Waals surface area (Å²) in [6, 6.07) is 8.78. The third-order valence-corrected chi connectivity index (χ3v) is 3.48. The molecule has 0 aliphatic carbocycles. The molecule has 9 heteroatoms. The summed E-state index contributed by atoms with van der Waals surface area (Å²) in [5, 5.41) is 6.30. The maximum Gasteiger partial charge on any atom is 0.379 e. The fourth-order valence-corrected chi connectivity index (χ4v) is 2.04. The molecule has 2 aromatic rings. The summed E-state index contributed by atoms with van der Waals surface area (Å²) in [7, 11) is 0. The second kappa shape index (κ2) is 9.24. The van der Waals surface area contributed by atoms with E-state index in [1.807, 2.05) is 30.3 Å². The van der Waals surface area contributed by atoms with Gasteiger partial charge in [-0.1, -0.05) is 30.3 Å². The van der Waals surface area contributed by atoms with Gasteiger partial charge in [0.2, 0.25) is 5.91 Å². The fraction of sp³-hybridized carbons (Fsp3) is 0.444. The van der Waals surface area contributed by atoms with Crippen molar-refractivity contribution in [3.63, 3.8) is 0 Å². The third kappa shape index (κ3) is 6.15. The summed E-state index contributed by atoms with van der Waals surface area (Å²) in [6.07, 6.45) is 0. The summed E-state index contributed by atoms with van der Waals surface area (Å²) in [4.78, 5) is 28.0. The van der Waals surface area contributed by atoms with Gasteiger partial charge in [0, 0.05) is 0 Å². The highest BCUT2D eigenvalue weighted by Crippen LogP contribution is 2.14. The number of carbonyl (C=O) groups is 2. The Labute approximate surface area is 157 Å². The highest BCUT2D eigenvalue weighted by molar-refractivity contribution is 5.86. The van der Waals surface area contributed by atoms with Crippen molar-refractivity contribution in [2.45, 2.75) is 39.0 Å². The Morgan fingerprint density at radius 3 is 2.63 bits per heavy atom. The number of nitrogens with zero attached hydrogens (tertiary/aromatic N) is 2. The predicted molar refractivity (Wildman–Crippen MR) is 95.5 cm³/mol. The van der Waals surface area contributed by atoms with E-state index >= 15 is 0 Å². The molecule has 0 saturated carbocycles. The number of hydrogen-bond acceptors (Lipinski definition) is 8. The zero-order chi connectivity index (χ0) is 19.9. The normalized spacial score (nSPS) is 12.4. The van der Waals surface area contributed by atoms with Gasteiger partial charge in [-0.2, -0.15) is 4.98 Å². The molecule has 1 atom stereocenters. The predicted octanol–water partition coefficient (Wildman–Crippen LogP) is 1.36. The topological polar surface area (TPSA) is 130 Å². The van der Waals surface area contributed by atoms with Gasteiger partial charge < -0.3 is 25.0 Å². The van der Waals surface area contributed by atoms with Crippen LogP contribution in [0, 0.1) is 0 Å². The smallest absolute Gasteiger partial charge is 0.379 e. The average molecular weight is 376 g/mol. The lowest BCUT2D eigenvalue weighted by Gasteiger charge is -2.22. The molecule has 2 rings (SSSR count). The van der Waals surface area contributed by atoms with Gasteiger partial charge in [-0.15, -0.1) is 0 Å². The van der Waals surface area contributed by atoms with E-state index in [9.17, 15) is 9.59 Å². The van der Waals surface area contributed by atoms with Crippen LogP contribution in [0.5, 0.6) is 0 Å². The molecule has 1 aromatic carbocycles. The monoisotopic (exact) mass is 376 g/mol. The van der Waals surface area contributed by atoms with Crippen LogP contribution >= 0.6 is 0 Å². The van der Waals surface area contributed by atoms with Gasteiger partial charge in [-0.25, -0.2) is 4.79 Å². The number of hydrogen-bond donors (Lipinski definition) is 2. The molecule has 1 unspecified atom stereocenters. The van der Waals surface area contributed by atoms with Gasteiger partial charge in [0.15, 0.2) is 0 Å². The van der Waals surface area contributed by atoms with Gasteiger partial charge in [-0.3, -0.25) is 4.79 Å². The van der Waals surface area contributed by atoms with Crippen LogP contribution in [0.15, 0.2) is 34.9 Å². The van der Waals surface area contributed by atoms with Gasteiger partial charge in [0.1, 0.15) is 6.04 Å². The SMILES string of the molecule is CCOC(=O)c1noc(C(COCc2ccccc2)NC(=O)C(C)(C)N)n1. The molecule has 0 radical (unpaired) electrons. The van der Waals surface area contributed by atoms with Gasteiger partial charge in [0.25, 0.3) is 11.7 Å². The minimum atomic E-state index is -1.11. The van der Waals surface area contributed by atoms with Crippen molar-refractivity contribution in [1.29, 1.82) is 0 Å². The molecule has 1 amide bonds. The Hall–Kier alpha value is -2.78. The van der Waals surface area contributed by atoms with E-state index in [4.69, 9.17) is 19.7 Å². The summed E-state index contributed by atoms with van der Waals surface area (Å²) in [6.45, 7) is 5.39. The number of esters is 1. The quantitative estimate of drug-likeness (QED) is 0.628. The van der Waals surface area contributed by atoms with Crippen LogP contribution in [0.3, 0.4) is 0 Å². The number of carbonyl (C=O) groups excluding carboxylic acids is 2. The summed E-state index contributed by atoms with van der Waals surface area (Å²) in [5.74, 6) is -1.32. The van der Waals surface area contributed by atoms with E-state index in [1.165, 1.54) is 0 Å². The Morgan fingerprint density at radius 1 is 1.30 bits per heavy atom. The van der Waals surface area contributed by atoms with Crippen molar-refractivity contribution in [2.24, 2.45) is 5.73 Å². The average Bonchev–Trinajstić information content (AvgIpc) is 3.11. The van der Waals surface area contributed by atoms with Gasteiger partial charge in [-0.05, 0) is 31.5 Å². The Kier molecular flexibility index (Phi) is 7.03. The van der Waals surface area contributed by atoms with E-state index in [0.29, 0.717) is 6.61 Å². The first kappa shape index (κ1) is 20.5. The number of amides is 1. The second-order valence-corrected chi connectivity index (χ2v) is 6.43. The molecule has 27 heavy (non-hydrogen) atoms. The van der Waals surface area contributed by atoms with Gasteiger partial charge in [0.05, 0.1) is 25.4 Å². The molecule has 1 aromatic heterocycles. The highest BCUT2D eigenvalue weighted by Gasteiger charge is 2.29. The van der Waals surface area contributed by atoms with Crippen molar-refractivity contribution in [2.75, 3.05) is 13.2 Å². The molecule has 0 saturated heterocycles. The molecule has 0 fully saturated rings. The number of aromatic nitrogens is 2. The van der Waals surface area contributed by atoms with Crippen LogP contribution in [0.1, 0.15) is 48.9 Å². The van der Waals surface area contributed by atoms with Crippen molar-refractivity contribution in [3.8, 4) is 0 Å². The largest absolute Gasteiger partial charge is 0.460 e. The van der Waals surface area contributed by atoms with Crippen molar-refractivity contribution in [1.82, 2.24) is 15.5 Å². The minimum Gasteiger partial charge on any atom is -0.460 e. The number of nitrogens with two attached hydrogens (primary N) is 1. The van der Waals surface area contributed by atoms with Crippen LogP contribution in [-0.4, -0.2) is 40.8 Å². The first-order valence-corrected chi connectivity index (χ1v) is 8.53. The number of ether oxygens (including phenoxy) is 2. The van der Waals surface area contributed by atoms with Crippen molar-refractivity contribution < 1.29 is 23.6 Å². The third-order valence-electron chi connectivity index (χ3n) is 3.48. The minimum absolute atomic E-state index is 0.0312. The van der Waals surface area contributed by atoms with E-state index in [2.05, 4.69) is 15.5 Å². The Morgan fingerprint density at radius 2 is 2.00 bits per heavy atom. The molecule has 1 heterocycles. The van der Waals surface area contributed by atoms with Crippen LogP contribution in [0.2, 0.25) is 0 Å². The standard InChI is InChI=1S/C18H24N4O5/c1-4-26-16(23)14-21-15(27-22-14)13(20-17(24)18(2,3)19)11-25-10-12-8-6-5-7-9-12/h5-9,13H,4,10-11,19H2,1-3H3,(H,20,24). The van der Waals surface area contributed by atoms with E-state index < -0.39 is 23.5 Å². The lowest BCUT2D eigenvalue weighted by molar-refractivity contribution is -0.126. The summed E-state index contributed by atoms with van der Waals surface area (Å²) in [5.41, 5.74) is 5.69. The Bertz CT molecular complexity index is 755. The maximum atomic E-state index is 12.3. The Balaban J connectivity index is 2.09. The molecule has 0 spiro atoms. The molecule has 0 aliphatic rings. The van der Waals surface area contributed by atoms with E-state index in [0.717, 1.165) is 5.56 Å². The number of nitrogens with one attached hydrogen (secondary N) is 1. The molecular weight excluding hydrogens is 352 g/mol. The van der Waals surface area contributed by atoms with E-state index in [-0.39, 0.29) is 24.9 Å². The zero-order valence-electron chi connectivity index (χ0n) is 15.6. The number of rotatable bonds is 9. The molecular formula is C18H24N4O5. The first-order valence-electron chi connectivity index (χ1n) is 8.53. The van der Waals surface area contributed by atoms with Gasteiger partial charge >= 0.3 is 5.97 Å². The maximum absolute atomic E-state index is 12.3. The van der Waals surface area contributed by atoms with E-state index in [1.54, 1.807) is 20.8 Å². The van der Waals surface area contributed by atoms with Crippen molar-refractivity contribution in [3.05, 3.63) is 47.6 Å². The van der Waals surface area contributed by atoms with Crippen molar-refractivity contribution >= 4 is 11.9 Å². The molecule has 9 nitrogen and oxygen atoms in total.